The number of hydrogen-bond acceptors (Lipinski definition) is 4. The maximum Gasteiger partial charge on any atom is 0.417 e. The fraction of sp³-hybridized carbons (Fsp3) is 0.0385. The number of rotatable bonds is 6. The Labute approximate surface area is 201 Å². The summed E-state index contributed by atoms with van der Waals surface area (Å²) in [4.78, 5) is 12.3. The van der Waals surface area contributed by atoms with Crippen LogP contribution in [0.2, 0.25) is 0 Å². The van der Waals surface area contributed by atoms with Crippen molar-refractivity contribution in [2.75, 3.05) is 12.4 Å². The minimum absolute atomic E-state index is 0.0798. The second-order valence-corrected chi connectivity index (χ2v) is 7.30. The van der Waals surface area contributed by atoms with Gasteiger partial charge in [0.2, 0.25) is 34.8 Å². The van der Waals surface area contributed by atoms with E-state index < -0.39 is 40.9 Å². The summed E-state index contributed by atoms with van der Waals surface area (Å²) in [6, 6.07) is 19.1. The zero-order valence-corrected chi connectivity index (χ0v) is 18.5. The third-order valence-electron chi connectivity index (χ3n) is 4.96. The smallest absolute Gasteiger partial charge is 0.417 e. The highest BCUT2D eigenvalue weighted by Crippen LogP contribution is 2.33. The number of benzene rings is 4. The number of hydrogen-bond donors (Lipinski definition) is 1. The second kappa shape index (κ2) is 10.3. The summed E-state index contributed by atoms with van der Waals surface area (Å²) in [5, 5.41) is 2.39. The predicted molar refractivity (Wildman–Crippen MR) is 121 cm³/mol. The number of amides is 1. The van der Waals surface area contributed by atoms with Gasteiger partial charge < -0.3 is 14.2 Å². The molecule has 0 aliphatic heterocycles. The molecule has 5 nitrogen and oxygen atoms in total. The van der Waals surface area contributed by atoms with E-state index in [-0.39, 0.29) is 17.2 Å². The number of methoxy groups -OCH3 is 1. The number of carbonyl (C=O) groups is 1. The Morgan fingerprint density at radius 3 is 1.75 bits per heavy atom. The Morgan fingerprint density at radius 2 is 1.19 bits per heavy atom. The normalized spacial score (nSPS) is 10.6. The van der Waals surface area contributed by atoms with Crippen molar-refractivity contribution in [1.82, 2.24) is 0 Å². The van der Waals surface area contributed by atoms with Gasteiger partial charge >= 0.3 is 6.09 Å². The first-order chi connectivity index (χ1) is 17.3. The molecule has 0 fully saturated rings. The molecule has 4 aromatic carbocycles. The fourth-order valence-electron chi connectivity index (χ4n) is 3.18. The molecule has 0 saturated carbocycles. The van der Waals surface area contributed by atoms with E-state index >= 15 is 0 Å². The maximum atomic E-state index is 13.9. The summed E-state index contributed by atoms with van der Waals surface area (Å²) in [5.74, 6) is -11.6. The Bertz CT molecular complexity index is 1380. The van der Waals surface area contributed by atoms with Gasteiger partial charge in [-0.2, -0.15) is 8.78 Å². The largest absolute Gasteiger partial charge is 0.497 e. The molecule has 36 heavy (non-hydrogen) atoms. The molecule has 0 heterocycles. The Balaban J connectivity index is 1.42. The van der Waals surface area contributed by atoms with Crippen LogP contribution >= 0.6 is 0 Å². The molecule has 0 unspecified atom stereocenters. The molecule has 10 heteroatoms. The van der Waals surface area contributed by atoms with Crippen molar-refractivity contribution in [1.29, 1.82) is 0 Å². The Kier molecular flexibility index (Phi) is 7.05. The van der Waals surface area contributed by atoms with Crippen molar-refractivity contribution in [3.05, 3.63) is 102 Å². The molecule has 0 atom stereocenters. The van der Waals surface area contributed by atoms with Crippen LogP contribution in [0, 0.1) is 29.1 Å². The number of anilines is 1. The third kappa shape index (κ3) is 5.22. The molecule has 0 aliphatic rings. The second-order valence-electron chi connectivity index (χ2n) is 7.30. The SMILES string of the molecule is COc1ccc(-c2ccc(OC(=O)Nc3cccc(Oc4c(F)c(F)c(F)c(F)c4F)c3)cc2)cc1. The van der Waals surface area contributed by atoms with Crippen LogP contribution < -0.4 is 19.5 Å². The van der Waals surface area contributed by atoms with Crippen LogP contribution in [0.5, 0.6) is 23.0 Å². The number of halogens is 5. The van der Waals surface area contributed by atoms with Gasteiger partial charge in [-0.1, -0.05) is 30.3 Å². The molecular formula is C26H16F5NO4. The highest BCUT2D eigenvalue weighted by molar-refractivity contribution is 5.86. The summed E-state index contributed by atoms with van der Waals surface area (Å²) >= 11 is 0. The average Bonchev–Trinajstić information content (AvgIpc) is 2.89. The minimum atomic E-state index is -2.30. The topological polar surface area (TPSA) is 56.8 Å². The first kappa shape index (κ1) is 24.5. The van der Waals surface area contributed by atoms with E-state index in [0.29, 0.717) is 0 Å². The predicted octanol–water partition coefficient (Wildman–Crippen LogP) is 7.46. The standard InChI is InChI=1S/C26H16F5NO4/c1-34-17-9-5-14(6-10-17)15-7-11-18(12-8-15)36-26(33)32-16-3-2-4-19(13-16)35-25-23(30)21(28)20(27)22(29)24(25)31/h2-13H,1H3,(H,32,33). The molecule has 1 amide bonds. The van der Waals surface area contributed by atoms with Gasteiger partial charge in [0, 0.05) is 11.8 Å². The zero-order valence-electron chi connectivity index (χ0n) is 18.5. The number of carbonyl (C=O) groups excluding carboxylic acids is 1. The quantitative estimate of drug-likeness (QED) is 0.169. The van der Waals surface area contributed by atoms with Crippen molar-refractivity contribution >= 4 is 11.8 Å². The van der Waals surface area contributed by atoms with Crippen LogP contribution in [-0.4, -0.2) is 13.2 Å². The van der Waals surface area contributed by atoms with Gasteiger partial charge in [0.1, 0.15) is 17.2 Å². The molecule has 1 N–H and O–H groups in total. The van der Waals surface area contributed by atoms with Crippen molar-refractivity contribution in [3.8, 4) is 34.1 Å². The zero-order chi connectivity index (χ0) is 25.8. The van der Waals surface area contributed by atoms with Gasteiger partial charge in [-0.05, 0) is 47.5 Å². The summed E-state index contributed by atoms with van der Waals surface area (Å²) in [5.41, 5.74) is 1.89. The van der Waals surface area contributed by atoms with Crippen LogP contribution in [0.1, 0.15) is 0 Å². The summed E-state index contributed by atoms with van der Waals surface area (Å²) in [6.45, 7) is 0. The third-order valence-corrected chi connectivity index (χ3v) is 4.96. The Morgan fingerprint density at radius 1 is 0.667 bits per heavy atom. The lowest BCUT2D eigenvalue weighted by atomic mass is 10.1. The van der Waals surface area contributed by atoms with E-state index in [1.54, 1.807) is 31.4 Å². The van der Waals surface area contributed by atoms with E-state index in [2.05, 4.69) is 5.32 Å². The monoisotopic (exact) mass is 501 g/mol. The van der Waals surface area contributed by atoms with Gasteiger partial charge in [-0.15, -0.1) is 0 Å². The fourth-order valence-corrected chi connectivity index (χ4v) is 3.18. The van der Waals surface area contributed by atoms with Gasteiger partial charge in [0.15, 0.2) is 0 Å². The minimum Gasteiger partial charge on any atom is -0.497 e. The molecule has 184 valence electrons. The Hall–Kier alpha value is -4.60. The number of nitrogens with one attached hydrogen (secondary N) is 1. The molecule has 0 aliphatic carbocycles. The van der Waals surface area contributed by atoms with E-state index in [1.165, 1.54) is 18.2 Å². The first-order valence-corrected chi connectivity index (χ1v) is 10.3. The highest BCUT2D eigenvalue weighted by atomic mass is 19.2. The molecule has 0 saturated heterocycles. The van der Waals surface area contributed by atoms with Crippen LogP contribution in [0.15, 0.2) is 72.8 Å². The summed E-state index contributed by atoms with van der Waals surface area (Å²) < 4.78 is 83.0. The average molecular weight is 501 g/mol. The molecule has 4 rings (SSSR count). The molecule has 4 aromatic rings. The lowest BCUT2D eigenvalue weighted by Crippen LogP contribution is -2.16. The van der Waals surface area contributed by atoms with Gasteiger partial charge in [0.25, 0.3) is 0 Å². The van der Waals surface area contributed by atoms with Gasteiger partial charge in [-0.3, -0.25) is 5.32 Å². The lowest BCUT2D eigenvalue weighted by Gasteiger charge is -2.12. The van der Waals surface area contributed by atoms with Crippen molar-refractivity contribution in [2.45, 2.75) is 0 Å². The van der Waals surface area contributed by atoms with E-state index in [1.807, 2.05) is 24.3 Å². The van der Waals surface area contributed by atoms with Crippen LogP contribution in [0.3, 0.4) is 0 Å². The summed E-state index contributed by atoms with van der Waals surface area (Å²) in [7, 11) is 1.57. The number of ether oxygens (including phenoxy) is 3. The van der Waals surface area contributed by atoms with E-state index in [0.717, 1.165) is 22.9 Å². The molecule has 0 aromatic heterocycles. The van der Waals surface area contributed by atoms with E-state index in [9.17, 15) is 26.7 Å². The highest BCUT2D eigenvalue weighted by Gasteiger charge is 2.27. The molecule has 0 bridgehead atoms. The van der Waals surface area contributed by atoms with Crippen molar-refractivity contribution in [3.63, 3.8) is 0 Å². The molecule has 0 spiro atoms. The van der Waals surface area contributed by atoms with Crippen LogP contribution in [0.4, 0.5) is 32.4 Å². The van der Waals surface area contributed by atoms with Crippen LogP contribution in [-0.2, 0) is 0 Å². The maximum absolute atomic E-state index is 13.9. The molecule has 0 radical (unpaired) electrons. The van der Waals surface area contributed by atoms with Gasteiger partial charge in [0.05, 0.1) is 7.11 Å². The van der Waals surface area contributed by atoms with Crippen molar-refractivity contribution < 1.29 is 41.0 Å². The van der Waals surface area contributed by atoms with E-state index in [4.69, 9.17) is 14.2 Å². The van der Waals surface area contributed by atoms with Crippen molar-refractivity contribution in [2.24, 2.45) is 0 Å². The van der Waals surface area contributed by atoms with Crippen LogP contribution in [0.25, 0.3) is 11.1 Å². The van der Waals surface area contributed by atoms with Gasteiger partial charge in [-0.25, -0.2) is 18.0 Å². The first-order valence-electron chi connectivity index (χ1n) is 10.3. The molecular weight excluding hydrogens is 485 g/mol. The summed E-state index contributed by atoms with van der Waals surface area (Å²) in [6.07, 6.45) is -0.888. The lowest BCUT2D eigenvalue weighted by molar-refractivity contribution is 0.215.